The SMILES string of the molecule is C=CCNCl.[Ag]. The molecule has 0 amide bonds. The van der Waals surface area contributed by atoms with Crippen LogP contribution in [0.1, 0.15) is 0 Å². The normalized spacial score (nSPS) is 6.17. The zero-order valence-electron chi connectivity index (χ0n) is 3.17. The molecule has 6 heavy (non-hydrogen) atoms. The van der Waals surface area contributed by atoms with Crippen LogP contribution >= 0.6 is 11.8 Å². The molecule has 0 heterocycles. The fourth-order valence-corrected chi connectivity index (χ4v) is 0.164. The third kappa shape index (κ3) is 8.83. The van der Waals surface area contributed by atoms with Crippen molar-refractivity contribution in [2.75, 3.05) is 6.54 Å². The van der Waals surface area contributed by atoms with Gasteiger partial charge in [-0.2, -0.15) is 0 Å². The first-order chi connectivity index (χ1) is 2.41. The molecule has 0 rings (SSSR count). The maximum absolute atomic E-state index is 4.98. The second-order valence-corrected chi connectivity index (χ2v) is 0.894. The van der Waals surface area contributed by atoms with Gasteiger partial charge >= 0.3 is 0 Å². The summed E-state index contributed by atoms with van der Waals surface area (Å²) in [4.78, 5) is 2.37. The Balaban J connectivity index is 0. The summed E-state index contributed by atoms with van der Waals surface area (Å²) in [5, 5.41) is 0. The van der Waals surface area contributed by atoms with Crippen LogP contribution in [0.25, 0.3) is 0 Å². The molecule has 0 fully saturated rings. The van der Waals surface area contributed by atoms with Crippen LogP contribution < -0.4 is 4.84 Å². The summed E-state index contributed by atoms with van der Waals surface area (Å²) in [6, 6.07) is 0. The van der Waals surface area contributed by atoms with E-state index in [2.05, 4.69) is 11.4 Å². The molecule has 0 bridgehead atoms. The van der Waals surface area contributed by atoms with Crippen molar-refractivity contribution < 1.29 is 22.4 Å². The molecule has 0 unspecified atom stereocenters. The van der Waals surface area contributed by atoms with Gasteiger partial charge in [-0.1, -0.05) is 6.08 Å². The van der Waals surface area contributed by atoms with Gasteiger partial charge in [0.15, 0.2) is 0 Å². The molecule has 1 N–H and O–H groups in total. The fourth-order valence-electron chi connectivity index (χ4n) is 0.0546. The summed E-state index contributed by atoms with van der Waals surface area (Å²) < 4.78 is 0. The topological polar surface area (TPSA) is 12.0 Å². The Morgan fingerprint density at radius 2 is 2.33 bits per heavy atom. The van der Waals surface area contributed by atoms with E-state index in [0.717, 1.165) is 0 Å². The van der Waals surface area contributed by atoms with E-state index < -0.39 is 0 Å². The molecule has 0 atom stereocenters. The fraction of sp³-hybridized carbons (Fsp3) is 0.333. The molecule has 3 heteroatoms. The van der Waals surface area contributed by atoms with Crippen molar-refractivity contribution in [3.8, 4) is 0 Å². The minimum absolute atomic E-state index is 0. The summed E-state index contributed by atoms with van der Waals surface area (Å²) in [6.45, 7) is 4.07. The second kappa shape index (κ2) is 9.21. The number of rotatable bonds is 2. The van der Waals surface area contributed by atoms with Crippen LogP contribution in [0.5, 0.6) is 0 Å². The van der Waals surface area contributed by atoms with Crippen LogP contribution in [-0.2, 0) is 22.4 Å². The molecular weight excluding hydrogens is 193 g/mol. The monoisotopic (exact) mass is 198 g/mol. The van der Waals surface area contributed by atoms with Crippen molar-refractivity contribution in [3.05, 3.63) is 12.7 Å². The first kappa shape index (κ1) is 9.88. The van der Waals surface area contributed by atoms with Crippen molar-refractivity contribution in [1.29, 1.82) is 0 Å². The van der Waals surface area contributed by atoms with E-state index in [-0.39, 0.29) is 22.4 Å². The van der Waals surface area contributed by atoms with Crippen LogP contribution in [-0.4, -0.2) is 6.54 Å². The summed E-state index contributed by atoms with van der Waals surface area (Å²) in [5.41, 5.74) is 0. The molecule has 0 saturated carbocycles. The predicted octanol–water partition coefficient (Wildman–Crippen LogP) is 0.913. The Bertz CT molecular complexity index is 32.0. The van der Waals surface area contributed by atoms with Gasteiger partial charge in [-0.05, 0) is 11.8 Å². The van der Waals surface area contributed by atoms with Gasteiger partial charge in [-0.25, -0.2) is 4.84 Å². The number of halogens is 1. The molecular formula is C3H6AgClN. The van der Waals surface area contributed by atoms with Crippen molar-refractivity contribution in [1.82, 2.24) is 4.84 Å². The molecule has 0 spiro atoms. The second-order valence-electron chi connectivity index (χ2n) is 0.626. The zero-order valence-corrected chi connectivity index (χ0v) is 5.41. The van der Waals surface area contributed by atoms with Crippen LogP contribution in [0.4, 0.5) is 0 Å². The smallest absolute Gasteiger partial charge is 0.0286 e. The first-order valence-electron chi connectivity index (χ1n) is 1.36. The van der Waals surface area contributed by atoms with E-state index in [1.807, 2.05) is 0 Å². The maximum Gasteiger partial charge on any atom is 0.0286 e. The minimum Gasteiger partial charge on any atom is -0.230 e. The Morgan fingerprint density at radius 3 is 2.33 bits per heavy atom. The van der Waals surface area contributed by atoms with E-state index in [1.54, 1.807) is 6.08 Å². The van der Waals surface area contributed by atoms with E-state index in [9.17, 15) is 0 Å². The van der Waals surface area contributed by atoms with Crippen LogP contribution in [0.2, 0.25) is 0 Å². The van der Waals surface area contributed by atoms with Crippen LogP contribution in [0.15, 0.2) is 12.7 Å². The molecule has 0 saturated heterocycles. The molecule has 0 aromatic rings. The quantitative estimate of drug-likeness (QED) is 0.396. The Kier molecular flexibility index (Phi) is 15.2. The molecule has 0 aliphatic heterocycles. The van der Waals surface area contributed by atoms with Gasteiger partial charge in [0.05, 0.1) is 0 Å². The maximum atomic E-state index is 4.98. The minimum atomic E-state index is 0. The Hall–Kier alpha value is 0.730. The van der Waals surface area contributed by atoms with Gasteiger partial charge in [0.25, 0.3) is 0 Å². The third-order valence-electron chi connectivity index (χ3n) is 0.221. The van der Waals surface area contributed by atoms with Crippen molar-refractivity contribution in [2.45, 2.75) is 0 Å². The van der Waals surface area contributed by atoms with Gasteiger partial charge in [0.1, 0.15) is 0 Å². The van der Waals surface area contributed by atoms with Crippen molar-refractivity contribution in [2.24, 2.45) is 0 Å². The van der Waals surface area contributed by atoms with Gasteiger partial charge in [-0.3, -0.25) is 0 Å². The average Bonchev–Trinajstić information content (AvgIpc) is 1.41. The number of hydrogen-bond donors (Lipinski definition) is 1. The summed E-state index contributed by atoms with van der Waals surface area (Å²) >= 11 is 4.98. The standard InChI is InChI=1S/C3H6ClN.Ag/c1-2-3-5-4;/h2,5H,1,3H2;. The molecule has 0 aromatic heterocycles. The Morgan fingerprint density at radius 1 is 1.83 bits per heavy atom. The van der Waals surface area contributed by atoms with Crippen molar-refractivity contribution in [3.63, 3.8) is 0 Å². The van der Waals surface area contributed by atoms with Gasteiger partial charge < -0.3 is 0 Å². The third-order valence-corrected chi connectivity index (χ3v) is 0.376. The molecule has 0 aliphatic carbocycles. The molecule has 1 nitrogen and oxygen atoms in total. The van der Waals surface area contributed by atoms with E-state index in [0.29, 0.717) is 6.54 Å². The number of hydrogen-bond acceptors (Lipinski definition) is 1. The van der Waals surface area contributed by atoms with Crippen LogP contribution in [0.3, 0.4) is 0 Å². The van der Waals surface area contributed by atoms with Gasteiger partial charge in [-0.15, -0.1) is 6.58 Å². The van der Waals surface area contributed by atoms with Gasteiger partial charge in [0.2, 0.25) is 0 Å². The average molecular weight is 199 g/mol. The van der Waals surface area contributed by atoms with E-state index >= 15 is 0 Å². The van der Waals surface area contributed by atoms with Crippen LogP contribution in [0, 0.1) is 0 Å². The van der Waals surface area contributed by atoms with E-state index in [1.165, 1.54) is 0 Å². The largest absolute Gasteiger partial charge is 0.230 e. The van der Waals surface area contributed by atoms with Crippen molar-refractivity contribution >= 4 is 11.8 Å². The summed E-state index contributed by atoms with van der Waals surface area (Å²) in [7, 11) is 0. The summed E-state index contributed by atoms with van der Waals surface area (Å²) in [6.07, 6.45) is 1.69. The van der Waals surface area contributed by atoms with E-state index in [4.69, 9.17) is 11.8 Å². The zero-order chi connectivity index (χ0) is 4.12. The summed E-state index contributed by atoms with van der Waals surface area (Å²) in [5.74, 6) is 0. The predicted molar refractivity (Wildman–Crippen MR) is 24.1 cm³/mol. The molecule has 41 valence electrons. The Labute approximate surface area is 58.4 Å². The molecule has 1 radical (unpaired) electrons. The van der Waals surface area contributed by atoms with Gasteiger partial charge in [0, 0.05) is 28.9 Å². The molecule has 0 aromatic carbocycles. The first-order valence-corrected chi connectivity index (χ1v) is 1.74. The number of nitrogens with one attached hydrogen (secondary N) is 1. The molecule has 0 aliphatic rings.